The molecule has 1 aliphatic rings. The fraction of sp³-hybridized carbons (Fsp3) is 0.133. The molecule has 0 spiro atoms. The summed E-state index contributed by atoms with van der Waals surface area (Å²) in [6.07, 6.45) is 0. The van der Waals surface area contributed by atoms with Gasteiger partial charge in [-0.15, -0.1) is 0 Å². The van der Waals surface area contributed by atoms with Crippen LogP contribution in [0.25, 0.3) is 78.4 Å². The summed E-state index contributed by atoms with van der Waals surface area (Å²) in [5.41, 5.74) is 11.7. The lowest BCUT2D eigenvalue weighted by atomic mass is 9.55. The lowest BCUT2D eigenvalue weighted by Gasteiger charge is -2.48. The molecule has 2 aromatic heterocycles. The van der Waals surface area contributed by atoms with E-state index < -0.39 is 0 Å². The molecule has 9 rings (SSSR count). The number of aromatic nitrogens is 3. The highest BCUT2D eigenvalue weighted by Crippen LogP contribution is 2.56. The normalized spacial score (nSPS) is 14.4. The van der Waals surface area contributed by atoms with E-state index in [-0.39, 0.29) is 10.8 Å². The van der Waals surface area contributed by atoms with Gasteiger partial charge in [0.15, 0.2) is 17.5 Å². The number of hydrogen-bond acceptors (Lipinski definition) is 4. The van der Waals surface area contributed by atoms with Gasteiger partial charge >= 0.3 is 0 Å². The van der Waals surface area contributed by atoms with Gasteiger partial charge in [-0.25, -0.2) is 15.0 Å². The van der Waals surface area contributed by atoms with E-state index >= 15 is 0 Å². The Morgan fingerprint density at radius 2 is 0.918 bits per heavy atom. The Kier molecular flexibility index (Phi) is 6.47. The maximum Gasteiger partial charge on any atom is 0.164 e. The third-order valence-electron chi connectivity index (χ3n) is 10.9. The predicted molar refractivity (Wildman–Crippen MR) is 200 cm³/mol. The van der Waals surface area contributed by atoms with E-state index in [9.17, 15) is 0 Å². The van der Waals surface area contributed by atoms with Crippen molar-refractivity contribution in [1.82, 2.24) is 15.0 Å². The molecule has 236 valence electrons. The third kappa shape index (κ3) is 4.48. The molecule has 4 heteroatoms. The van der Waals surface area contributed by atoms with Crippen LogP contribution in [0.2, 0.25) is 0 Å². The van der Waals surface area contributed by atoms with E-state index in [4.69, 9.17) is 19.4 Å². The molecule has 0 radical (unpaired) electrons. The van der Waals surface area contributed by atoms with Crippen LogP contribution < -0.4 is 0 Å². The first-order valence-corrected chi connectivity index (χ1v) is 16.9. The van der Waals surface area contributed by atoms with Crippen LogP contribution in [0, 0.1) is 0 Å². The van der Waals surface area contributed by atoms with Gasteiger partial charge in [-0.05, 0) is 39.2 Å². The van der Waals surface area contributed by atoms with Crippen molar-refractivity contribution in [3.8, 4) is 56.4 Å². The van der Waals surface area contributed by atoms with Crippen LogP contribution in [-0.4, -0.2) is 15.0 Å². The summed E-state index contributed by atoms with van der Waals surface area (Å²) in [6.45, 7) is 9.45. The number of para-hydroxylation sites is 1. The first-order chi connectivity index (χ1) is 23.8. The number of furan rings is 1. The molecule has 6 aromatic carbocycles. The van der Waals surface area contributed by atoms with Crippen molar-refractivity contribution >= 4 is 21.9 Å². The van der Waals surface area contributed by atoms with E-state index in [1.807, 2.05) is 60.7 Å². The van der Waals surface area contributed by atoms with E-state index in [0.717, 1.165) is 49.8 Å². The molecule has 0 bridgehead atoms. The van der Waals surface area contributed by atoms with Crippen LogP contribution in [-0.2, 0) is 10.8 Å². The van der Waals surface area contributed by atoms with E-state index in [0.29, 0.717) is 17.5 Å². The van der Waals surface area contributed by atoms with Crippen LogP contribution in [0.5, 0.6) is 0 Å². The largest absolute Gasteiger partial charge is 0.455 e. The molecule has 0 saturated heterocycles. The summed E-state index contributed by atoms with van der Waals surface area (Å²) in [5, 5.41) is 2.24. The highest BCUT2D eigenvalue weighted by Gasteiger charge is 2.46. The summed E-state index contributed by atoms with van der Waals surface area (Å²) >= 11 is 0. The highest BCUT2D eigenvalue weighted by atomic mass is 16.3. The number of hydrogen-bond donors (Lipinski definition) is 0. The third-order valence-corrected chi connectivity index (χ3v) is 10.9. The molecule has 0 unspecified atom stereocenters. The Labute approximate surface area is 286 Å². The van der Waals surface area contributed by atoms with Gasteiger partial charge in [-0.2, -0.15) is 0 Å². The Balaban J connectivity index is 1.23. The fourth-order valence-corrected chi connectivity index (χ4v) is 7.56. The minimum absolute atomic E-state index is 0.0440. The second kappa shape index (κ2) is 10.8. The summed E-state index contributed by atoms with van der Waals surface area (Å²) in [5.74, 6) is 1.91. The maximum atomic E-state index is 7.01. The van der Waals surface area contributed by atoms with Crippen LogP contribution in [0.4, 0.5) is 0 Å². The smallest absolute Gasteiger partial charge is 0.164 e. The topological polar surface area (TPSA) is 51.8 Å². The Morgan fingerprint density at radius 3 is 1.61 bits per heavy atom. The van der Waals surface area contributed by atoms with Crippen molar-refractivity contribution in [3.63, 3.8) is 0 Å². The highest BCUT2D eigenvalue weighted by molar-refractivity contribution is 6.14. The maximum absolute atomic E-state index is 7.01. The van der Waals surface area contributed by atoms with Crippen molar-refractivity contribution in [3.05, 3.63) is 151 Å². The standard InChI is InChI=1S/C45H35N3O/c1-44(2)36-24-12-11-21-35(36)38-37(45(44,3)4)26-25-34-33-23-14-22-32(39(33)49-40(34)38)30-19-13-20-31(27-30)43-47-41(28-15-7-5-8-16-28)46-42(48-43)29-17-9-6-10-18-29/h5-27H,1-4H3. The second-order valence-electron chi connectivity index (χ2n) is 14.1. The summed E-state index contributed by atoms with van der Waals surface area (Å²) < 4.78 is 7.01. The molecule has 0 aliphatic heterocycles. The lowest BCUT2D eigenvalue weighted by molar-refractivity contribution is 0.299. The quantitative estimate of drug-likeness (QED) is 0.193. The zero-order chi connectivity index (χ0) is 33.3. The van der Waals surface area contributed by atoms with Crippen molar-refractivity contribution in [1.29, 1.82) is 0 Å². The van der Waals surface area contributed by atoms with Crippen molar-refractivity contribution in [2.24, 2.45) is 0 Å². The number of rotatable bonds is 4. The summed E-state index contributed by atoms with van der Waals surface area (Å²) in [7, 11) is 0. The van der Waals surface area contributed by atoms with Gasteiger partial charge < -0.3 is 4.42 Å². The van der Waals surface area contributed by atoms with Gasteiger partial charge in [-0.1, -0.05) is 161 Å². The molecule has 0 amide bonds. The molecule has 1 aliphatic carbocycles. The molecular weight excluding hydrogens is 599 g/mol. The van der Waals surface area contributed by atoms with Crippen LogP contribution in [0.3, 0.4) is 0 Å². The average molecular weight is 634 g/mol. The van der Waals surface area contributed by atoms with Crippen molar-refractivity contribution in [2.45, 2.75) is 38.5 Å². The molecule has 0 fully saturated rings. The van der Waals surface area contributed by atoms with E-state index in [1.165, 1.54) is 22.3 Å². The molecule has 2 heterocycles. The number of fused-ring (bicyclic) bond motifs is 7. The van der Waals surface area contributed by atoms with E-state index in [2.05, 4.69) is 107 Å². The molecular formula is C45H35N3O. The monoisotopic (exact) mass is 633 g/mol. The minimum Gasteiger partial charge on any atom is -0.455 e. The van der Waals surface area contributed by atoms with E-state index in [1.54, 1.807) is 0 Å². The van der Waals surface area contributed by atoms with Crippen molar-refractivity contribution < 1.29 is 4.42 Å². The molecule has 49 heavy (non-hydrogen) atoms. The molecule has 0 N–H and O–H groups in total. The Hall–Kier alpha value is -5.87. The van der Waals surface area contributed by atoms with Crippen LogP contribution >= 0.6 is 0 Å². The van der Waals surface area contributed by atoms with Gasteiger partial charge in [0.1, 0.15) is 11.2 Å². The summed E-state index contributed by atoms with van der Waals surface area (Å²) in [4.78, 5) is 14.8. The molecule has 0 saturated carbocycles. The van der Waals surface area contributed by atoms with Crippen molar-refractivity contribution in [2.75, 3.05) is 0 Å². The predicted octanol–water partition coefficient (Wildman–Crippen LogP) is 11.7. The summed E-state index contributed by atoms with van der Waals surface area (Å²) in [6, 6.07) is 48.5. The van der Waals surface area contributed by atoms with Gasteiger partial charge in [0, 0.05) is 38.6 Å². The fourth-order valence-electron chi connectivity index (χ4n) is 7.56. The first kappa shape index (κ1) is 29.3. The lowest BCUT2D eigenvalue weighted by Crippen LogP contribution is -2.43. The molecule has 8 aromatic rings. The van der Waals surface area contributed by atoms with Gasteiger partial charge in [-0.3, -0.25) is 0 Å². The Bertz CT molecular complexity index is 2490. The minimum atomic E-state index is -0.0945. The molecule has 4 nitrogen and oxygen atoms in total. The average Bonchev–Trinajstić information content (AvgIpc) is 3.54. The van der Waals surface area contributed by atoms with Gasteiger partial charge in [0.05, 0.1) is 0 Å². The van der Waals surface area contributed by atoms with Gasteiger partial charge in [0.2, 0.25) is 0 Å². The molecule has 0 atom stereocenters. The van der Waals surface area contributed by atoms with Gasteiger partial charge in [0.25, 0.3) is 0 Å². The Morgan fingerprint density at radius 1 is 0.408 bits per heavy atom. The first-order valence-electron chi connectivity index (χ1n) is 16.9. The second-order valence-corrected chi connectivity index (χ2v) is 14.1. The number of benzene rings is 6. The SMILES string of the molecule is CC1(C)c2ccccc2-c2c(ccc3c2oc2c(-c4cccc(-c5nc(-c6ccccc6)nc(-c6ccccc6)n5)c4)cccc23)C1(C)C. The van der Waals surface area contributed by atoms with Crippen LogP contribution in [0.15, 0.2) is 144 Å². The van der Waals surface area contributed by atoms with Crippen LogP contribution in [0.1, 0.15) is 38.8 Å². The zero-order valence-corrected chi connectivity index (χ0v) is 28.0. The zero-order valence-electron chi connectivity index (χ0n) is 28.0. The number of nitrogens with zero attached hydrogens (tertiary/aromatic N) is 3.